The molecule has 1 aliphatic heterocycles. The highest BCUT2D eigenvalue weighted by Gasteiger charge is 2.41. The maximum atomic E-state index is 13.4. The van der Waals surface area contributed by atoms with Gasteiger partial charge in [0, 0.05) is 17.8 Å². The van der Waals surface area contributed by atoms with Crippen molar-refractivity contribution in [2.45, 2.75) is 42.2 Å². The molecular weight excluding hydrogens is 439 g/mol. The molecule has 0 amide bonds. The molecule has 31 heavy (non-hydrogen) atoms. The third-order valence-electron chi connectivity index (χ3n) is 5.81. The van der Waals surface area contributed by atoms with Gasteiger partial charge in [-0.15, -0.1) is 11.8 Å². The Morgan fingerprint density at radius 2 is 1.94 bits per heavy atom. The zero-order chi connectivity index (χ0) is 21.8. The normalized spacial score (nSPS) is 20.4. The van der Waals surface area contributed by atoms with Crippen LogP contribution in [0.25, 0.3) is 11.0 Å². The highest BCUT2D eigenvalue weighted by molar-refractivity contribution is 7.99. The molecule has 1 aliphatic carbocycles. The fraction of sp³-hybridized carbons (Fsp3) is 0.381. The zero-order valence-electron chi connectivity index (χ0n) is 17.0. The van der Waals surface area contributed by atoms with Crippen LogP contribution in [-0.4, -0.2) is 35.4 Å². The van der Waals surface area contributed by atoms with Crippen molar-refractivity contribution in [3.05, 3.63) is 64.3 Å². The second kappa shape index (κ2) is 7.47. The standard InChI is InChI=1S/C21H23FN4O3S2/c1-21(8-9-21)24-31(28,29)16-6-7-17-18(12-16)26(19-23-10-11-30-19)20(27)25(17)13-14-2-4-15(22)5-3-14/h2-7,12,19,23-24H,8-11,13H2,1H3. The summed E-state index contributed by atoms with van der Waals surface area (Å²) in [5, 5.41) is 3.29. The number of fused-ring (bicyclic) bond motifs is 1. The van der Waals surface area contributed by atoms with E-state index in [4.69, 9.17) is 0 Å². The number of hydrogen-bond acceptors (Lipinski definition) is 5. The van der Waals surface area contributed by atoms with E-state index in [0.29, 0.717) is 11.0 Å². The first-order valence-electron chi connectivity index (χ1n) is 10.1. The van der Waals surface area contributed by atoms with E-state index < -0.39 is 10.0 Å². The number of hydrogen-bond donors (Lipinski definition) is 2. The summed E-state index contributed by atoms with van der Waals surface area (Å²) in [6.07, 6.45) is 1.63. The van der Waals surface area contributed by atoms with Crippen LogP contribution in [0.5, 0.6) is 0 Å². The minimum atomic E-state index is -3.70. The van der Waals surface area contributed by atoms with E-state index in [-0.39, 0.29) is 34.0 Å². The molecule has 1 aromatic heterocycles. The lowest BCUT2D eigenvalue weighted by atomic mass is 10.2. The predicted molar refractivity (Wildman–Crippen MR) is 119 cm³/mol. The second-order valence-corrected chi connectivity index (χ2v) is 11.2. The molecule has 0 radical (unpaired) electrons. The van der Waals surface area contributed by atoms with Crippen molar-refractivity contribution in [3.63, 3.8) is 0 Å². The maximum Gasteiger partial charge on any atom is 0.331 e. The van der Waals surface area contributed by atoms with Gasteiger partial charge in [0.15, 0.2) is 0 Å². The van der Waals surface area contributed by atoms with Crippen LogP contribution in [-0.2, 0) is 16.6 Å². The van der Waals surface area contributed by atoms with E-state index in [1.165, 1.54) is 18.2 Å². The fourth-order valence-corrected chi connectivity index (χ4v) is 6.36. The average molecular weight is 463 g/mol. The van der Waals surface area contributed by atoms with Gasteiger partial charge in [-0.1, -0.05) is 12.1 Å². The van der Waals surface area contributed by atoms with Crippen LogP contribution < -0.4 is 15.7 Å². The third-order valence-corrected chi connectivity index (χ3v) is 8.58. The number of imidazole rings is 1. The third kappa shape index (κ3) is 3.93. The molecule has 3 aromatic rings. The Morgan fingerprint density at radius 1 is 1.19 bits per heavy atom. The van der Waals surface area contributed by atoms with Crippen LogP contribution in [0, 0.1) is 5.82 Å². The Labute approximate surface area is 183 Å². The monoisotopic (exact) mass is 462 g/mol. The van der Waals surface area contributed by atoms with Crippen LogP contribution in [0.1, 0.15) is 30.8 Å². The molecule has 2 aromatic carbocycles. The van der Waals surface area contributed by atoms with E-state index in [9.17, 15) is 17.6 Å². The summed E-state index contributed by atoms with van der Waals surface area (Å²) in [4.78, 5) is 13.5. The number of halogens is 1. The van der Waals surface area contributed by atoms with E-state index in [1.54, 1.807) is 45.2 Å². The minimum Gasteiger partial charge on any atom is -0.287 e. The molecule has 2 fully saturated rings. The van der Waals surface area contributed by atoms with E-state index >= 15 is 0 Å². The van der Waals surface area contributed by atoms with Crippen LogP contribution in [0.4, 0.5) is 4.39 Å². The summed E-state index contributed by atoms with van der Waals surface area (Å²) in [6.45, 7) is 2.92. The molecule has 10 heteroatoms. The van der Waals surface area contributed by atoms with Crippen LogP contribution >= 0.6 is 11.8 Å². The Balaban J connectivity index is 1.63. The average Bonchev–Trinajstić information content (AvgIpc) is 3.13. The number of benzene rings is 2. The molecule has 2 N–H and O–H groups in total. The largest absolute Gasteiger partial charge is 0.331 e. The lowest BCUT2D eigenvalue weighted by Gasteiger charge is -2.14. The SMILES string of the molecule is CC1(NS(=O)(=O)c2ccc3c(c2)n(C2NCCS2)c(=O)n3Cc2ccc(F)cc2)CC1. The molecule has 1 saturated heterocycles. The Bertz CT molecular complexity index is 1300. The van der Waals surface area contributed by atoms with E-state index in [1.807, 2.05) is 6.92 Å². The number of rotatable bonds is 6. The summed E-state index contributed by atoms with van der Waals surface area (Å²) >= 11 is 1.60. The molecule has 164 valence electrons. The van der Waals surface area contributed by atoms with Crippen molar-refractivity contribution in [1.82, 2.24) is 19.2 Å². The first-order valence-corrected chi connectivity index (χ1v) is 12.7. The van der Waals surface area contributed by atoms with Gasteiger partial charge < -0.3 is 0 Å². The highest BCUT2D eigenvalue weighted by atomic mass is 32.2. The van der Waals surface area contributed by atoms with Crippen molar-refractivity contribution in [3.8, 4) is 0 Å². The number of thioether (sulfide) groups is 1. The molecule has 7 nitrogen and oxygen atoms in total. The molecule has 1 saturated carbocycles. The topological polar surface area (TPSA) is 85.1 Å². The Kier molecular flexibility index (Phi) is 5.00. The van der Waals surface area contributed by atoms with Crippen LogP contribution in [0.2, 0.25) is 0 Å². The number of nitrogens with zero attached hydrogens (tertiary/aromatic N) is 2. The summed E-state index contributed by atoms with van der Waals surface area (Å²) in [5.41, 5.74) is 1.10. The van der Waals surface area contributed by atoms with Gasteiger partial charge in [-0.2, -0.15) is 0 Å². The molecule has 1 unspecified atom stereocenters. The predicted octanol–water partition coefficient (Wildman–Crippen LogP) is 2.61. The molecular formula is C21H23FN4O3S2. The van der Waals surface area contributed by atoms with Crippen LogP contribution in [0.3, 0.4) is 0 Å². The summed E-state index contributed by atoms with van der Waals surface area (Å²) < 4.78 is 45.1. The number of sulfonamides is 1. The van der Waals surface area contributed by atoms with Crippen molar-refractivity contribution in [1.29, 1.82) is 0 Å². The van der Waals surface area contributed by atoms with Gasteiger partial charge in [0.2, 0.25) is 10.0 Å². The smallest absolute Gasteiger partial charge is 0.287 e. The molecule has 0 bridgehead atoms. The quantitative estimate of drug-likeness (QED) is 0.588. The van der Waals surface area contributed by atoms with Crippen molar-refractivity contribution < 1.29 is 12.8 Å². The van der Waals surface area contributed by atoms with Crippen molar-refractivity contribution in [2.24, 2.45) is 0 Å². The maximum absolute atomic E-state index is 13.4. The lowest BCUT2D eigenvalue weighted by molar-refractivity contribution is 0.557. The van der Waals surface area contributed by atoms with Gasteiger partial charge in [0.25, 0.3) is 0 Å². The van der Waals surface area contributed by atoms with Gasteiger partial charge >= 0.3 is 5.69 Å². The van der Waals surface area contributed by atoms with Crippen molar-refractivity contribution >= 4 is 32.8 Å². The minimum absolute atomic E-state index is 0.142. The van der Waals surface area contributed by atoms with Crippen LogP contribution in [0.15, 0.2) is 52.2 Å². The van der Waals surface area contributed by atoms with E-state index in [2.05, 4.69) is 10.0 Å². The number of aromatic nitrogens is 2. The van der Waals surface area contributed by atoms with Gasteiger partial charge in [-0.05, 0) is 55.7 Å². The van der Waals surface area contributed by atoms with Crippen molar-refractivity contribution in [2.75, 3.05) is 12.3 Å². The Hall–Kier alpha value is -2.14. The summed E-state index contributed by atoms with van der Waals surface area (Å²) in [5.74, 6) is 0.524. The zero-order valence-corrected chi connectivity index (χ0v) is 18.6. The second-order valence-electron chi connectivity index (χ2n) is 8.36. The van der Waals surface area contributed by atoms with Gasteiger partial charge in [0.1, 0.15) is 11.3 Å². The lowest BCUT2D eigenvalue weighted by Crippen LogP contribution is -2.34. The van der Waals surface area contributed by atoms with Gasteiger partial charge in [-0.3, -0.25) is 14.5 Å². The highest BCUT2D eigenvalue weighted by Crippen LogP contribution is 2.36. The first kappa shape index (κ1) is 20.7. The molecule has 1 atom stereocenters. The molecule has 2 aliphatic rings. The fourth-order valence-electron chi connectivity index (χ4n) is 3.83. The molecule has 2 heterocycles. The first-order chi connectivity index (χ1) is 14.8. The Morgan fingerprint density at radius 3 is 2.58 bits per heavy atom. The molecule has 5 rings (SSSR count). The molecule has 0 spiro atoms. The number of nitrogens with one attached hydrogen (secondary N) is 2. The summed E-state index contributed by atoms with van der Waals surface area (Å²) in [7, 11) is -3.70. The van der Waals surface area contributed by atoms with Gasteiger partial charge in [-0.25, -0.2) is 22.3 Å². The summed E-state index contributed by atoms with van der Waals surface area (Å²) in [6, 6.07) is 10.8. The van der Waals surface area contributed by atoms with Gasteiger partial charge in [0.05, 0.1) is 22.5 Å². The van der Waals surface area contributed by atoms with E-state index in [0.717, 1.165) is 30.7 Å².